The van der Waals surface area contributed by atoms with Crippen LogP contribution in [0.4, 0.5) is 0 Å². The first-order chi connectivity index (χ1) is 10.2. The van der Waals surface area contributed by atoms with Gasteiger partial charge in [-0.1, -0.05) is 44.2 Å². The summed E-state index contributed by atoms with van der Waals surface area (Å²) >= 11 is 3.31. The van der Waals surface area contributed by atoms with Crippen LogP contribution in [-0.2, 0) is 4.79 Å². The van der Waals surface area contributed by atoms with Crippen molar-refractivity contribution in [2.24, 2.45) is 5.92 Å². The number of carbonyl (C=O) groups excluding carboxylic acids is 2. The first-order valence-corrected chi connectivity index (χ1v) is 8.30. The van der Waals surface area contributed by atoms with Gasteiger partial charge in [-0.3, -0.25) is 20.4 Å². The Balaban J connectivity index is 1.71. The molecule has 0 aromatic heterocycles. The molecule has 0 saturated heterocycles. The SMILES string of the molecule is O=C(CCC1CCCCC1)NNC(=O)c1ccccc1Br. The minimum absolute atomic E-state index is 0.124. The van der Waals surface area contributed by atoms with Crippen LogP contribution >= 0.6 is 15.9 Å². The molecule has 0 atom stereocenters. The van der Waals surface area contributed by atoms with Gasteiger partial charge in [-0.2, -0.15) is 0 Å². The molecule has 0 spiro atoms. The number of carbonyl (C=O) groups is 2. The number of nitrogens with one attached hydrogen (secondary N) is 2. The van der Waals surface area contributed by atoms with Crippen molar-refractivity contribution < 1.29 is 9.59 Å². The average Bonchev–Trinajstić information content (AvgIpc) is 2.52. The van der Waals surface area contributed by atoms with E-state index in [4.69, 9.17) is 0 Å². The quantitative estimate of drug-likeness (QED) is 0.813. The third-order valence-electron chi connectivity index (χ3n) is 3.94. The second kappa shape index (κ2) is 8.17. The molecule has 1 aliphatic rings. The highest BCUT2D eigenvalue weighted by Crippen LogP contribution is 2.27. The minimum atomic E-state index is -0.312. The summed E-state index contributed by atoms with van der Waals surface area (Å²) in [6, 6.07) is 7.11. The highest BCUT2D eigenvalue weighted by Gasteiger charge is 2.15. The maximum absolute atomic E-state index is 11.9. The number of hydrazine groups is 1. The fraction of sp³-hybridized carbons (Fsp3) is 0.500. The Morgan fingerprint density at radius 1 is 1.10 bits per heavy atom. The summed E-state index contributed by atoms with van der Waals surface area (Å²) in [5, 5.41) is 0. The number of halogens is 1. The van der Waals surface area contributed by atoms with Crippen molar-refractivity contribution >= 4 is 27.7 Å². The Morgan fingerprint density at radius 3 is 2.52 bits per heavy atom. The molecular weight excluding hydrogens is 332 g/mol. The van der Waals surface area contributed by atoms with Gasteiger partial charge in [0.05, 0.1) is 5.56 Å². The van der Waals surface area contributed by atoms with Crippen molar-refractivity contribution in [3.8, 4) is 0 Å². The van der Waals surface area contributed by atoms with E-state index in [1.807, 2.05) is 6.07 Å². The zero-order chi connectivity index (χ0) is 15.1. The Bertz CT molecular complexity index is 499. The Kier molecular flexibility index (Phi) is 6.23. The molecule has 114 valence electrons. The van der Waals surface area contributed by atoms with Gasteiger partial charge in [0.2, 0.25) is 5.91 Å². The van der Waals surface area contributed by atoms with Gasteiger partial charge < -0.3 is 0 Å². The van der Waals surface area contributed by atoms with Crippen LogP contribution in [0.1, 0.15) is 55.3 Å². The number of hydrogen-bond acceptors (Lipinski definition) is 2. The van der Waals surface area contributed by atoms with E-state index in [0.29, 0.717) is 22.4 Å². The van der Waals surface area contributed by atoms with Gasteiger partial charge in [0.15, 0.2) is 0 Å². The monoisotopic (exact) mass is 352 g/mol. The van der Waals surface area contributed by atoms with Gasteiger partial charge in [-0.05, 0) is 40.4 Å². The maximum Gasteiger partial charge on any atom is 0.270 e. The van der Waals surface area contributed by atoms with Crippen LogP contribution in [0, 0.1) is 5.92 Å². The number of hydrogen-bond donors (Lipinski definition) is 2. The van der Waals surface area contributed by atoms with Crippen LogP contribution < -0.4 is 10.9 Å². The highest BCUT2D eigenvalue weighted by molar-refractivity contribution is 9.10. The third-order valence-corrected chi connectivity index (χ3v) is 4.63. The lowest BCUT2D eigenvalue weighted by Crippen LogP contribution is -2.41. The molecule has 0 aliphatic heterocycles. The Labute approximate surface area is 133 Å². The summed E-state index contributed by atoms with van der Waals surface area (Å²) in [7, 11) is 0. The molecule has 1 fully saturated rings. The fourth-order valence-electron chi connectivity index (χ4n) is 2.71. The van der Waals surface area contributed by atoms with Gasteiger partial charge in [0, 0.05) is 10.9 Å². The third kappa shape index (κ3) is 5.16. The molecule has 1 aliphatic carbocycles. The van der Waals surface area contributed by atoms with Gasteiger partial charge in [0.1, 0.15) is 0 Å². The van der Waals surface area contributed by atoms with E-state index in [0.717, 1.165) is 6.42 Å². The first kappa shape index (κ1) is 16.0. The van der Waals surface area contributed by atoms with Gasteiger partial charge >= 0.3 is 0 Å². The maximum atomic E-state index is 11.9. The molecule has 0 unspecified atom stereocenters. The van der Waals surface area contributed by atoms with Crippen molar-refractivity contribution in [3.05, 3.63) is 34.3 Å². The predicted molar refractivity (Wildman–Crippen MR) is 85.6 cm³/mol. The van der Waals surface area contributed by atoms with E-state index in [1.165, 1.54) is 32.1 Å². The minimum Gasteiger partial charge on any atom is -0.273 e. The molecule has 0 bridgehead atoms. The fourth-order valence-corrected chi connectivity index (χ4v) is 3.18. The summed E-state index contributed by atoms with van der Waals surface area (Å²) in [5.41, 5.74) is 5.45. The van der Waals surface area contributed by atoms with E-state index in [9.17, 15) is 9.59 Å². The number of benzene rings is 1. The van der Waals surface area contributed by atoms with E-state index in [-0.39, 0.29) is 11.8 Å². The molecule has 21 heavy (non-hydrogen) atoms. The van der Waals surface area contributed by atoms with Crippen molar-refractivity contribution in [2.45, 2.75) is 44.9 Å². The zero-order valence-corrected chi connectivity index (χ0v) is 13.6. The van der Waals surface area contributed by atoms with Crippen LogP contribution in [-0.4, -0.2) is 11.8 Å². The lowest BCUT2D eigenvalue weighted by Gasteiger charge is -2.21. The van der Waals surface area contributed by atoms with Crippen LogP contribution in [0.15, 0.2) is 28.7 Å². The number of amides is 2. The van der Waals surface area contributed by atoms with E-state index >= 15 is 0 Å². The Hall–Kier alpha value is -1.36. The Morgan fingerprint density at radius 2 is 1.81 bits per heavy atom. The molecule has 5 heteroatoms. The standard InChI is InChI=1S/C16H21BrN2O2/c17-14-9-5-4-8-13(14)16(21)19-18-15(20)11-10-12-6-2-1-3-7-12/h4-5,8-9,12H,1-3,6-7,10-11H2,(H,18,20)(H,19,21). The van der Waals surface area contributed by atoms with Crippen molar-refractivity contribution in [1.29, 1.82) is 0 Å². The second-order valence-electron chi connectivity index (χ2n) is 5.52. The smallest absolute Gasteiger partial charge is 0.270 e. The zero-order valence-electron chi connectivity index (χ0n) is 12.0. The molecule has 0 heterocycles. The molecule has 2 amide bonds. The summed E-state index contributed by atoms with van der Waals surface area (Å²) in [5.74, 6) is 0.234. The van der Waals surface area contributed by atoms with E-state index in [1.54, 1.807) is 18.2 Å². The second-order valence-corrected chi connectivity index (χ2v) is 6.38. The molecule has 1 aromatic rings. The molecule has 1 saturated carbocycles. The van der Waals surface area contributed by atoms with Crippen LogP contribution in [0.3, 0.4) is 0 Å². The molecule has 2 N–H and O–H groups in total. The van der Waals surface area contributed by atoms with Gasteiger partial charge in [0.25, 0.3) is 5.91 Å². The highest BCUT2D eigenvalue weighted by atomic mass is 79.9. The molecule has 1 aromatic carbocycles. The molecular formula is C16H21BrN2O2. The normalized spacial score (nSPS) is 15.5. The summed E-state index contributed by atoms with van der Waals surface area (Å²) < 4.78 is 0.707. The summed E-state index contributed by atoms with van der Waals surface area (Å²) in [4.78, 5) is 23.7. The largest absolute Gasteiger partial charge is 0.273 e. The van der Waals surface area contributed by atoms with Crippen LogP contribution in [0.2, 0.25) is 0 Å². The number of rotatable bonds is 4. The summed E-state index contributed by atoms with van der Waals surface area (Å²) in [6.07, 6.45) is 7.74. The lowest BCUT2D eigenvalue weighted by atomic mass is 9.86. The van der Waals surface area contributed by atoms with E-state index < -0.39 is 0 Å². The lowest BCUT2D eigenvalue weighted by molar-refractivity contribution is -0.122. The summed E-state index contributed by atoms with van der Waals surface area (Å²) in [6.45, 7) is 0. The molecule has 0 radical (unpaired) electrons. The average molecular weight is 353 g/mol. The van der Waals surface area contributed by atoms with Crippen LogP contribution in [0.5, 0.6) is 0 Å². The molecule has 2 rings (SSSR count). The molecule has 4 nitrogen and oxygen atoms in total. The van der Waals surface area contributed by atoms with Crippen molar-refractivity contribution in [2.75, 3.05) is 0 Å². The van der Waals surface area contributed by atoms with Gasteiger partial charge in [-0.25, -0.2) is 0 Å². The van der Waals surface area contributed by atoms with E-state index in [2.05, 4.69) is 26.8 Å². The predicted octanol–water partition coefficient (Wildman–Crippen LogP) is 3.57. The van der Waals surface area contributed by atoms with Crippen LogP contribution in [0.25, 0.3) is 0 Å². The van der Waals surface area contributed by atoms with Crippen molar-refractivity contribution in [3.63, 3.8) is 0 Å². The first-order valence-electron chi connectivity index (χ1n) is 7.50. The van der Waals surface area contributed by atoms with Crippen molar-refractivity contribution in [1.82, 2.24) is 10.9 Å². The van der Waals surface area contributed by atoms with Gasteiger partial charge in [-0.15, -0.1) is 0 Å². The topological polar surface area (TPSA) is 58.2 Å².